The Hall–Kier alpha value is -5.36. The number of unbranched alkanes of at least 4 members (excludes halogenated alkanes) is 8. The van der Waals surface area contributed by atoms with Crippen molar-refractivity contribution in [3.05, 3.63) is 143 Å². The lowest BCUT2D eigenvalue weighted by Gasteiger charge is -2.33. The second-order valence-corrected chi connectivity index (χ2v) is 17.4. The van der Waals surface area contributed by atoms with Crippen molar-refractivity contribution in [2.45, 2.75) is 122 Å². The second kappa shape index (κ2) is 17.1. The Kier molecular flexibility index (Phi) is 11.3. The summed E-state index contributed by atoms with van der Waals surface area (Å²) in [5.41, 5.74) is 15.8. The van der Waals surface area contributed by atoms with Crippen molar-refractivity contribution in [2.24, 2.45) is 0 Å². The van der Waals surface area contributed by atoms with Gasteiger partial charge >= 0.3 is 0 Å². The van der Waals surface area contributed by atoms with Gasteiger partial charge in [0.1, 0.15) is 37.7 Å². The van der Waals surface area contributed by atoms with E-state index in [-0.39, 0.29) is 5.41 Å². The van der Waals surface area contributed by atoms with Crippen LogP contribution in [0.15, 0.2) is 110 Å². The first-order valence-corrected chi connectivity index (χ1v) is 22.5. The minimum absolute atomic E-state index is 0.00210. The van der Waals surface area contributed by atoms with Gasteiger partial charge in [-0.05, 0) is 82.6 Å². The molecule has 304 valence electrons. The summed E-state index contributed by atoms with van der Waals surface area (Å²) in [4.78, 5) is 0. The number of imidazole rings is 2. The first kappa shape index (κ1) is 39.1. The van der Waals surface area contributed by atoms with Crippen molar-refractivity contribution in [3.63, 3.8) is 0 Å². The van der Waals surface area contributed by atoms with Crippen LogP contribution < -0.4 is 18.6 Å². The quantitative estimate of drug-likeness (QED) is 0.0813. The number of benzene rings is 5. The standard InChI is InChI=1S/C53H62N4O2/c1-5-7-9-11-17-27-53(28-18-12-10-8-6-2)45-29-39-23-25-43(45)44-26-24-40(30-46(44)53)34-55-38-57(50-22-16-14-20-48(50)55)36-42-31-51(58-3)41(32-52(42)59-4)35-56-37-54(33-39)47-19-13-15-21-49(47)56/h13-16,19-26,29-32,37-38H,5-12,17-18,27-28,33-36H2,1-4H3/q+2. The van der Waals surface area contributed by atoms with Crippen LogP contribution in [0.5, 0.6) is 11.5 Å². The molecular weight excluding hydrogens is 725 g/mol. The zero-order valence-electron chi connectivity index (χ0n) is 35.8. The van der Waals surface area contributed by atoms with Crippen molar-refractivity contribution < 1.29 is 18.6 Å². The van der Waals surface area contributed by atoms with Crippen molar-refractivity contribution in [2.75, 3.05) is 14.2 Å². The molecule has 0 saturated carbocycles. The third-order valence-electron chi connectivity index (χ3n) is 13.5. The van der Waals surface area contributed by atoms with E-state index in [2.05, 4.69) is 142 Å². The summed E-state index contributed by atoms with van der Waals surface area (Å²) in [6.07, 6.45) is 20.0. The molecule has 6 heteroatoms. The van der Waals surface area contributed by atoms with E-state index in [4.69, 9.17) is 9.47 Å². The van der Waals surface area contributed by atoms with Crippen LogP contribution >= 0.6 is 0 Å². The fourth-order valence-corrected chi connectivity index (χ4v) is 10.5. The fourth-order valence-electron chi connectivity index (χ4n) is 10.5. The van der Waals surface area contributed by atoms with Gasteiger partial charge in [0.15, 0.2) is 22.1 Å². The van der Waals surface area contributed by atoms with Crippen molar-refractivity contribution in [3.8, 4) is 22.6 Å². The van der Waals surface area contributed by atoms with Crippen LogP contribution in [0, 0.1) is 0 Å². The van der Waals surface area contributed by atoms with Crippen molar-refractivity contribution in [1.29, 1.82) is 0 Å². The number of para-hydroxylation sites is 4. The lowest BCUT2D eigenvalue weighted by Crippen LogP contribution is -2.33. The maximum Gasteiger partial charge on any atom is 0.245 e. The molecule has 0 unspecified atom stereocenters. The Balaban J connectivity index is 1.24. The highest BCUT2D eigenvalue weighted by molar-refractivity contribution is 5.82. The third-order valence-corrected chi connectivity index (χ3v) is 13.5. The molecule has 0 atom stereocenters. The van der Waals surface area contributed by atoms with Crippen LogP contribution in [0.1, 0.15) is 124 Å². The predicted molar refractivity (Wildman–Crippen MR) is 240 cm³/mol. The molecular formula is C53H62N4O2+2. The molecule has 0 fully saturated rings. The topological polar surface area (TPSA) is 36.1 Å². The van der Waals surface area contributed by atoms with Crippen LogP contribution in [0.2, 0.25) is 0 Å². The van der Waals surface area contributed by atoms with Crippen LogP contribution in [-0.4, -0.2) is 23.4 Å². The van der Waals surface area contributed by atoms with Gasteiger partial charge in [-0.2, -0.15) is 0 Å². The summed E-state index contributed by atoms with van der Waals surface area (Å²) in [5, 5.41) is 0. The molecule has 4 heterocycles. The van der Waals surface area contributed by atoms with E-state index in [1.54, 1.807) is 25.3 Å². The van der Waals surface area contributed by atoms with Crippen LogP contribution in [0.4, 0.5) is 0 Å². The first-order valence-electron chi connectivity index (χ1n) is 22.5. The fraction of sp³-hybridized carbons (Fsp3) is 0.396. The smallest absolute Gasteiger partial charge is 0.245 e. The van der Waals surface area contributed by atoms with Crippen LogP contribution in [0.25, 0.3) is 33.2 Å². The van der Waals surface area contributed by atoms with Gasteiger partial charge in [-0.1, -0.05) is 139 Å². The number of hydrogen-bond donors (Lipinski definition) is 0. The average Bonchev–Trinajstić information content (AvgIpc) is 3.87. The highest BCUT2D eigenvalue weighted by Crippen LogP contribution is 2.55. The number of rotatable bonds is 14. The monoisotopic (exact) mass is 786 g/mol. The van der Waals surface area contributed by atoms with E-state index in [0.29, 0.717) is 13.1 Å². The lowest BCUT2D eigenvalue weighted by atomic mass is 9.70. The maximum absolute atomic E-state index is 6.13. The molecule has 0 spiro atoms. The molecule has 10 rings (SSSR count). The average molecular weight is 787 g/mol. The molecule has 0 radical (unpaired) electrons. The summed E-state index contributed by atoms with van der Waals surface area (Å²) in [7, 11) is 3.57. The minimum Gasteiger partial charge on any atom is -0.496 e. The summed E-state index contributed by atoms with van der Waals surface area (Å²) in [5.74, 6) is 1.74. The number of hydrogen-bond acceptors (Lipinski definition) is 2. The number of methoxy groups -OCH3 is 2. The second-order valence-electron chi connectivity index (χ2n) is 17.4. The largest absolute Gasteiger partial charge is 0.496 e. The molecule has 5 aromatic carbocycles. The molecule has 0 N–H and O–H groups in total. The molecule has 3 aliphatic rings. The van der Waals surface area contributed by atoms with E-state index >= 15 is 0 Å². The third kappa shape index (κ3) is 7.45. The Bertz CT molecular complexity index is 2420. The van der Waals surface area contributed by atoms with E-state index in [9.17, 15) is 0 Å². The zero-order valence-corrected chi connectivity index (χ0v) is 35.8. The highest BCUT2D eigenvalue weighted by Gasteiger charge is 2.43. The molecule has 59 heavy (non-hydrogen) atoms. The minimum atomic E-state index is 0.00210. The van der Waals surface area contributed by atoms with Gasteiger partial charge in [0.25, 0.3) is 0 Å². The van der Waals surface area contributed by atoms with Gasteiger partial charge in [-0.15, -0.1) is 0 Å². The SMILES string of the molecule is CCCCCCCC1(CCCCCCC)c2cc3ccc2-c2ccc(cc21)C[n+]1cn(c2ccccc21)Cc1cc(OC)c(cc1OC)Cn1c[n+](c2ccccc21)C3. The molecule has 2 aliphatic heterocycles. The van der Waals surface area contributed by atoms with E-state index in [1.807, 2.05) is 0 Å². The number of nitrogens with zero attached hydrogens (tertiary/aromatic N) is 4. The normalized spacial score (nSPS) is 14.1. The van der Waals surface area contributed by atoms with E-state index in [1.165, 1.54) is 121 Å². The molecule has 2 aromatic heterocycles. The summed E-state index contributed by atoms with van der Waals surface area (Å²) >= 11 is 0. The van der Waals surface area contributed by atoms with E-state index in [0.717, 1.165) is 35.7 Å². The molecule has 0 amide bonds. The van der Waals surface area contributed by atoms with E-state index < -0.39 is 0 Å². The Morgan fingerprint density at radius 2 is 0.966 bits per heavy atom. The Morgan fingerprint density at radius 1 is 0.525 bits per heavy atom. The molecule has 0 saturated heterocycles. The number of aromatic nitrogens is 4. The van der Waals surface area contributed by atoms with Crippen molar-refractivity contribution >= 4 is 22.1 Å². The summed E-state index contributed by atoms with van der Waals surface area (Å²) in [6, 6.07) is 37.0. The predicted octanol–water partition coefficient (Wildman–Crippen LogP) is 11.7. The number of fused-ring (bicyclic) bond motifs is 5. The number of ether oxygens (including phenoxy) is 2. The Labute approximate surface area is 351 Å². The van der Waals surface area contributed by atoms with Gasteiger partial charge in [0.05, 0.1) is 14.2 Å². The van der Waals surface area contributed by atoms with Gasteiger partial charge in [-0.25, -0.2) is 18.3 Å². The Morgan fingerprint density at radius 3 is 1.41 bits per heavy atom. The molecule has 10 bridgehead atoms. The van der Waals surface area contributed by atoms with Crippen LogP contribution in [-0.2, 0) is 31.6 Å². The summed E-state index contributed by atoms with van der Waals surface area (Å²) in [6.45, 7) is 7.61. The molecule has 6 nitrogen and oxygen atoms in total. The van der Waals surface area contributed by atoms with Gasteiger partial charge in [0, 0.05) is 16.5 Å². The lowest BCUT2D eigenvalue weighted by molar-refractivity contribution is -0.663. The van der Waals surface area contributed by atoms with Gasteiger partial charge < -0.3 is 9.47 Å². The van der Waals surface area contributed by atoms with Gasteiger partial charge in [0.2, 0.25) is 12.7 Å². The molecule has 1 aliphatic carbocycles. The molecule has 7 aromatic rings. The first-order chi connectivity index (χ1) is 29.0. The van der Waals surface area contributed by atoms with Gasteiger partial charge in [-0.3, -0.25) is 0 Å². The maximum atomic E-state index is 6.13. The zero-order chi connectivity index (χ0) is 40.3. The van der Waals surface area contributed by atoms with Crippen LogP contribution in [0.3, 0.4) is 0 Å². The van der Waals surface area contributed by atoms with Crippen molar-refractivity contribution in [1.82, 2.24) is 9.13 Å². The summed E-state index contributed by atoms with van der Waals surface area (Å²) < 4.78 is 21.9. The highest BCUT2D eigenvalue weighted by atomic mass is 16.5.